The molecule has 686 valence electrons. The van der Waals surface area contributed by atoms with Gasteiger partial charge in [-0.25, -0.2) is 15.0 Å². The van der Waals surface area contributed by atoms with E-state index in [1.807, 2.05) is 121 Å². The smallest absolute Gasteiger partial charge is 0.196 e. The van der Waals surface area contributed by atoms with Crippen molar-refractivity contribution in [2.75, 3.05) is 19.6 Å². The average molecular weight is 1880 g/mol. The summed E-state index contributed by atoms with van der Waals surface area (Å²) in [6, 6.07) is 175. The van der Waals surface area contributed by atoms with Gasteiger partial charge in [-0.15, -0.1) is 0 Å². The number of benzene rings is 23. The number of nitrogens with zero attached hydrogens (tertiary/aromatic N) is 7. The zero-order valence-electron chi connectivity index (χ0n) is 78.5. The normalized spacial score (nSPS) is 12.4. The Morgan fingerprint density at radius 1 is 0.164 bits per heavy atom. The predicted octanol–water partition coefficient (Wildman–Crippen LogP) is 37.4. The lowest BCUT2D eigenvalue weighted by molar-refractivity contribution is 0.364. The molecule has 0 spiro atoms. The minimum absolute atomic E-state index is 0.588. The summed E-state index contributed by atoms with van der Waals surface area (Å²) in [5.74, 6) is 10.2. The lowest BCUT2D eigenvalue weighted by Crippen LogP contribution is -2.16. The molecular weight excluding hydrogens is 1790 g/mol. The molecule has 0 saturated carbocycles. The summed E-state index contributed by atoms with van der Waals surface area (Å²) in [6.45, 7) is 0. The highest BCUT2D eigenvalue weighted by molar-refractivity contribution is 6.12. The molecular formula is C133H83N7O6. The molecule has 0 amide bonds. The van der Waals surface area contributed by atoms with Gasteiger partial charge in [-0.3, -0.25) is 0 Å². The summed E-state index contributed by atoms with van der Waals surface area (Å²) in [4.78, 5) is 24.3. The summed E-state index contributed by atoms with van der Waals surface area (Å²) in [5, 5.41) is 8.65. The number of para-hydroxylation sites is 5. The van der Waals surface area contributed by atoms with Gasteiger partial charge in [0.25, 0.3) is 0 Å². The fraction of sp³-hybridized carbons (Fsp3) is 0. The second-order valence-electron chi connectivity index (χ2n) is 36.7. The van der Waals surface area contributed by atoms with Crippen molar-refractivity contribution in [2.24, 2.45) is 0 Å². The Bertz CT molecular complexity index is 9170. The number of ether oxygens (including phenoxy) is 6. The van der Waals surface area contributed by atoms with Crippen molar-refractivity contribution >= 4 is 111 Å². The van der Waals surface area contributed by atoms with Crippen LogP contribution in [0.5, 0.6) is 69.0 Å². The molecule has 0 saturated heterocycles. The third-order valence-corrected chi connectivity index (χ3v) is 28.2. The van der Waals surface area contributed by atoms with Crippen LogP contribution >= 0.6 is 0 Å². The first-order chi connectivity index (χ1) is 72.4. The quantitative estimate of drug-likeness (QED) is 0.116. The number of hydrogen-bond donors (Lipinski definition) is 0. The van der Waals surface area contributed by atoms with Crippen LogP contribution in [0.15, 0.2) is 504 Å². The molecule has 0 N–H and O–H groups in total. The number of anilines is 12. The van der Waals surface area contributed by atoms with E-state index >= 15 is 0 Å². The van der Waals surface area contributed by atoms with Crippen molar-refractivity contribution in [1.82, 2.24) is 15.0 Å². The number of aromatic nitrogens is 3. The standard InChI is InChI=1S/C52H34N2O2.C47H28N4O2.C34H21NO2/c1-4-13-35(14-5-1)37-23-28-41(29-24-37)53(42-30-25-38(26-31-42)36-15-6-2-7-16-36)46-32-33-47-51-50(46)55-48-34-27-39-17-12-21-44(49(39)52(48)56-51)43-20-10-11-22-45(43)54(47)40-18-8-3-9-19-40;1-3-12-31(13-4-1)45-48-46(32-14-5-2-6-15-32)50-47(49-45)34-22-25-38-37(28-34)36-18-9-17-30-23-26-41-44(42(30)36)53-43-39(19-10-20-40(43)52-41)51(38)35-24-21-29-11-7-8-16-33(29)27-35;1-2-8-22(9-3-1)23-16-19-25(20-17-23)35-28-13-5-4-11-26(28)27-12-6-10-24-18-21-31-34(32(24)27)37-33-29(35)14-7-15-30(33)36-31/h1-34H;1-28H;1-21H. The van der Waals surface area contributed by atoms with Crippen molar-refractivity contribution in [3.8, 4) is 170 Å². The maximum Gasteiger partial charge on any atom is 0.196 e. The monoisotopic (exact) mass is 1870 g/mol. The summed E-state index contributed by atoms with van der Waals surface area (Å²) < 4.78 is 41.1. The van der Waals surface area contributed by atoms with Gasteiger partial charge in [-0.1, -0.05) is 358 Å². The van der Waals surface area contributed by atoms with E-state index < -0.39 is 0 Å². The molecule has 23 aromatic carbocycles. The topological polar surface area (TPSA) is 107 Å². The molecule has 0 fully saturated rings. The van der Waals surface area contributed by atoms with Crippen LogP contribution in [0.4, 0.5) is 68.2 Å². The van der Waals surface area contributed by atoms with E-state index in [4.69, 9.17) is 43.4 Å². The summed E-state index contributed by atoms with van der Waals surface area (Å²) in [7, 11) is 0. The highest BCUT2D eigenvalue weighted by atomic mass is 16.6. The van der Waals surface area contributed by atoms with Gasteiger partial charge >= 0.3 is 0 Å². The Morgan fingerprint density at radius 3 is 0.966 bits per heavy atom. The Hall–Kier alpha value is -19.9. The fourth-order valence-corrected chi connectivity index (χ4v) is 21.3. The lowest BCUT2D eigenvalue weighted by Gasteiger charge is -2.34. The number of rotatable bonds is 12. The fourth-order valence-electron chi connectivity index (χ4n) is 21.3. The molecule has 13 nitrogen and oxygen atoms in total. The second kappa shape index (κ2) is 35.2. The van der Waals surface area contributed by atoms with E-state index in [1.54, 1.807) is 0 Å². The molecule has 1 aromatic heterocycles. The summed E-state index contributed by atoms with van der Waals surface area (Å²) in [5.41, 5.74) is 28.0. The van der Waals surface area contributed by atoms with E-state index in [-0.39, 0.29) is 0 Å². The highest BCUT2D eigenvalue weighted by Crippen LogP contribution is 2.65. The molecule has 0 atom stereocenters. The first-order valence-corrected chi connectivity index (χ1v) is 49.0. The lowest BCUT2D eigenvalue weighted by atomic mass is 9.93. The number of hydrogen-bond acceptors (Lipinski definition) is 13. The SMILES string of the molecule is c1ccc(-c2ccc(N(c3ccc(-c4ccccc4)cc3)c3ccc4c5c3Oc3ccc6cccc(c6c3O5)-c3ccccc3N4c3ccccc3)cc2)cc1.c1ccc(-c2ccc(N3c4ccccc4-c4cccc5ccc6c(c45)Oc4c(cccc43)O6)cc2)cc1.c1ccc(-c2nc(-c3ccccc3)nc(-c3ccc4c(c3)-c3cccc5ccc6c(c35)Oc3c(cccc3N4c3ccc4ccccc4c3)O6)n2)cc1. The summed E-state index contributed by atoms with van der Waals surface area (Å²) in [6.07, 6.45) is 0. The minimum atomic E-state index is 0.588. The van der Waals surface area contributed by atoms with E-state index in [2.05, 4.69) is 402 Å². The first kappa shape index (κ1) is 84.2. The van der Waals surface area contributed by atoms with Crippen LogP contribution < -0.4 is 48.0 Å². The van der Waals surface area contributed by atoms with Gasteiger partial charge in [0, 0.05) is 78.0 Å². The van der Waals surface area contributed by atoms with Gasteiger partial charge in [0.2, 0.25) is 0 Å². The third kappa shape index (κ3) is 14.6. The molecule has 6 aliphatic rings. The van der Waals surface area contributed by atoms with Crippen LogP contribution in [0.1, 0.15) is 0 Å². The van der Waals surface area contributed by atoms with E-state index in [9.17, 15) is 0 Å². The Balaban J connectivity index is 0.000000108. The van der Waals surface area contributed by atoms with E-state index in [0.717, 1.165) is 190 Å². The maximum atomic E-state index is 7.24. The van der Waals surface area contributed by atoms with Gasteiger partial charge in [-0.2, -0.15) is 0 Å². The van der Waals surface area contributed by atoms with Gasteiger partial charge in [0.1, 0.15) is 0 Å². The third-order valence-electron chi connectivity index (χ3n) is 28.2. The van der Waals surface area contributed by atoms with E-state index in [0.29, 0.717) is 63.5 Å². The van der Waals surface area contributed by atoms with Crippen molar-refractivity contribution < 1.29 is 28.4 Å². The Labute approximate surface area is 842 Å². The van der Waals surface area contributed by atoms with Crippen LogP contribution in [-0.2, 0) is 0 Å². The Morgan fingerprint density at radius 2 is 0.479 bits per heavy atom. The van der Waals surface area contributed by atoms with Crippen molar-refractivity contribution in [1.29, 1.82) is 0 Å². The average Bonchev–Trinajstić information content (AvgIpc) is 1.63. The molecule has 13 heteroatoms. The van der Waals surface area contributed by atoms with Gasteiger partial charge < -0.3 is 48.0 Å². The molecule has 6 aliphatic heterocycles. The van der Waals surface area contributed by atoms with Crippen molar-refractivity contribution in [2.45, 2.75) is 0 Å². The van der Waals surface area contributed by atoms with Gasteiger partial charge in [0.05, 0.1) is 39.8 Å². The zero-order chi connectivity index (χ0) is 96.2. The van der Waals surface area contributed by atoms with Crippen molar-refractivity contribution in [3.05, 3.63) is 504 Å². The second-order valence-corrected chi connectivity index (χ2v) is 36.7. The highest BCUT2D eigenvalue weighted by Gasteiger charge is 2.39. The predicted molar refractivity (Wildman–Crippen MR) is 591 cm³/mol. The van der Waals surface area contributed by atoms with Crippen LogP contribution in [-0.4, -0.2) is 15.0 Å². The molecule has 24 aromatic rings. The zero-order valence-corrected chi connectivity index (χ0v) is 78.5. The van der Waals surface area contributed by atoms with Gasteiger partial charge in [0.15, 0.2) is 86.5 Å². The van der Waals surface area contributed by atoms with Gasteiger partial charge in [-0.05, 0) is 223 Å². The Kier molecular flexibility index (Phi) is 20.3. The summed E-state index contributed by atoms with van der Waals surface area (Å²) >= 11 is 0. The first-order valence-electron chi connectivity index (χ1n) is 49.0. The van der Waals surface area contributed by atoms with Crippen LogP contribution in [0, 0.1) is 0 Å². The van der Waals surface area contributed by atoms with Crippen molar-refractivity contribution in [3.63, 3.8) is 0 Å². The largest absolute Gasteiger partial charge is 0.449 e. The molecule has 0 radical (unpaired) electrons. The molecule has 7 heterocycles. The molecule has 0 unspecified atom stereocenters. The maximum absolute atomic E-state index is 7.24. The van der Waals surface area contributed by atoms with Crippen LogP contribution in [0.3, 0.4) is 0 Å². The van der Waals surface area contributed by atoms with E-state index in [1.165, 1.54) is 27.6 Å². The minimum Gasteiger partial charge on any atom is -0.449 e. The van der Waals surface area contributed by atoms with Crippen LogP contribution in [0.2, 0.25) is 0 Å². The molecule has 6 bridgehead atoms. The molecule has 0 aliphatic carbocycles. The molecule has 146 heavy (non-hydrogen) atoms. The molecule has 30 rings (SSSR count). The number of fused-ring (bicyclic) bond motifs is 7. The van der Waals surface area contributed by atoms with Crippen LogP contribution in [0.25, 0.3) is 144 Å².